The number of aryl methyl sites for hydroxylation is 1. The van der Waals surface area contributed by atoms with Gasteiger partial charge in [-0.3, -0.25) is 4.98 Å². The number of benzene rings is 6. The summed E-state index contributed by atoms with van der Waals surface area (Å²) in [5.74, 6) is 2.43. The zero-order valence-electron chi connectivity index (χ0n) is 35.2. The molecule has 2 bridgehead atoms. The molecule has 311 valence electrons. The Labute approximate surface area is 383 Å². The number of nitrogens with zero attached hydrogens (tertiary/aromatic N) is 5. The number of fused-ring (bicyclic) bond motifs is 4. The quantitative estimate of drug-likeness (QED) is 0.160. The molecule has 3 aliphatic carbocycles. The van der Waals surface area contributed by atoms with Crippen LogP contribution in [-0.2, 0) is 20.1 Å². The summed E-state index contributed by atoms with van der Waals surface area (Å²) in [6.07, 6.45) is 1.79. The minimum atomic E-state index is -0.131. The predicted octanol–water partition coefficient (Wildman–Crippen LogP) is 13.4. The van der Waals surface area contributed by atoms with E-state index in [1.807, 2.05) is 79.7 Å². The van der Waals surface area contributed by atoms with Crippen LogP contribution in [0.1, 0.15) is 76.6 Å². The van der Waals surface area contributed by atoms with Gasteiger partial charge in [0.05, 0.1) is 40.0 Å². The van der Waals surface area contributed by atoms with E-state index in [-0.39, 0.29) is 37.9 Å². The van der Waals surface area contributed by atoms with Crippen LogP contribution in [0, 0.1) is 19.1 Å². The summed E-state index contributed by atoms with van der Waals surface area (Å²) in [5.41, 5.74) is 16.3. The number of para-hydroxylation sites is 1. The molecule has 64 heavy (non-hydrogen) atoms. The monoisotopic (exact) mass is 1010 g/mol. The Hall–Kier alpha value is -7.25. The van der Waals surface area contributed by atoms with Crippen LogP contribution >= 0.6 is 0 Å². The van der Waals surface area contributed by atoms with Gasteiger partial charge in [-0.1, -0.05) is 104 Å². The van der Waals surface area contributed by atoms with Crippen LogP contribution in [0.25, 0.3) is 72.9 Å². The molecule has 0 fully saturated rings. The van der Waals surface area contributed by atoms with Crippen molar-refractivity contribution in [3.63, 3.8) is 0 Å². The molecule has 8 heteroatoms. The third kappa shape index (κ3) is 6.28. The van der Waals surface area contributed by atoms with E-state index in [0.717, 1.165) is 78.4 Å². The Kier molecular flexibility index (Phi) is 9.79. The molecule has 3 aliphatic rings. The van der Waals surface area contributed by atoms with E-state index in [9.17, 15) is 0 Å². The van der Waals surface area contributed by atoms with Crippen molar-refractivity contribution in [3.05, 3.63) is 221 Å². The topological polar surface area (TPSA) is 82.8 Å². The molecule has 2 unspecified atom stereocenters. The number of furan rings is 1. The van der Waals surface area contributed by atoms with E-state index >= 15 is 0 Å². The average Bonchev–Trinajstić information content (AvgIpc) is 4.07. The molecule has 0 saturated heterocycles. The van der Waals surface area contributed by atoms with Gasteiger partial charge in [0.25, 0.3) is 0 Å². The van der Waals surface area contributed by atoms with Gasteiger partial charge >= 0.3 is 0 Å². The molecular formula is C56H39IrN5O2-2. The molecule has 0 amide bonds. The van der Waals surface area contributed by atoms with E-state index < -0.39 is 0 Å². The second-order valence-electron chi connectivity index (χ2n) is 16.5. The molecule has 1 radical (unpaired) electrons. The Morgan fingerprint density at radius 1 is 0.641 bits per heavy atom. The third-order valence-electron chi connectivity index (χ3n) is 12.5. The fraction of sp³-hybridized carbons (Fsp3) is 0.107. The van der Waals surface area contributed by atoms with Gasteiger partial charge in [0, 0.05) is 48.6 Å². The van der Waals surface area contributed by atoms with Crippen molar-refractivity contribution < 1.29 is 28.9 Å². The Morgan fingerprint density at radius 2 is 1.42 bits per heavy atom. The van der Waals surface area contributed by atoms with Gasteiger partial charge in [0.1, 0.15) is 5.76 Å². The zero-order valence-corrected chi connectivity index (χ0v) is 37.6. The van der Waals surface area contributed by atoms with E-state index in [1.165, 1.54) is 27.8 Å². The summed E-state index contributed by atoms with van der Waals surface area (Å²) in [6, 6.07) is 60.6. The summed E-state index contributed by atoms with van der Waals surface area (Å²) >= 11 is 0. The Balaban J connectivity index is 0.000000305. The maximum atomic E-state index is 6.72. The van der Waals surface area contributed by atoms with Crippen molar-refractivity contribution >= 4 is 33.1 Å². The largest absolute Gasteiger partial charge is 0.486 e. The number of hydrogen-bond acceptors (Lipinski definition) is 6. The van der Waals surface area contributed by atoms with Crippen LogP contribution < -0.4 is 0 Å². The number of oxazole rings is 1. The fourth-order valence-electron chi connectivity index (χ4n) is 9.69. The average molecular weight is 1010 g/mol. The van der Waals surface area contributed by atoms with Crippen molar-refractivity contribution in [2.24, 2.45) is 0 Å². The maximum absolute atomic E-state index is 6.72. The zero-order chi connectivity index (χ0) is 42.2. The van der Waals surface area contributed by atoms with Crippen molar-refractivity contribution in [2.45, 2.75) is 38.5 Å². The van der Waals surface area contributed by atoms with E-state index in [1.54, 1.807) is 6.20 Å². The Morgan fingerprint density at radius 3 is 2.22 bits per heavy atom. The molecular weight excluding hydrogens is 967 g/mol. The number of rotatable bonds is 5. The van der Waals surface area contributed by atoms with Gasteiger partial charge in [-0.05, 0) is 88.8 Å². The second-order valence-corrected chi connectivity index (χ2v) is 16.5. The number of pyridine rings is 2. The van der Waals surface area contributed by atoms with Crippen LogP contribution in [0.2, 0.25) is 0 Å². The van der Waals surface area contributed by atoms with E-state index in [0.29, 0.717) is 11.6 Å². The molecule has 7 nitrogen and oxygen atoms in total. The maximum Gasteiger partial charge on any atom is 0.226 e. The van der Waals surface area contributed by atoms with Gasteiger partial charge in [-0.15, -0.1) is 54.1 Å². The molecule has 5 heterocycles. The molecule has 0 aliphatic heterocycles. The summed E-state index contributed by atoms with van der Waals surface area (Å²) in [4.78, 5) is 19.7. The molecule has 0 N–H and O–H groups in total. The van der Waals surface area contributed by atoms with Crippen LogP contribution in [0.15, 0.2) is 173 Å². The van der Waals surface area contributed by atoms with E-state index in [4.69, 9.17) is 23.8 Å². The molecule has 0 spiro atoms. The number of hydrogen-bond donors (Lipinski definition) is 0. The standard InChI is InChI=1S/C45H31N4O2.C11H8N.Ir/c1-24(2)27-14-9-10-19-35(27)49-40-34(47-43(49)33-18-11-17-30-31-21-20-25(3)46-45(31)50-41(30)33)23-22-32-36-28-15-7-8-16-29(28)37(38(32)40)39-42(36)51-44(48-39)26-12-5-4-6-13-26;1-2-6-10(7-3-1)11-8-4-5-9-12-11;/h4-17,19-24,36-37H,1-3H3;1-6,8-9H;/q2*-1;. The van der Waals surface area contributed by atoms with Gasteiger partial charge in [-0.2, -0.15) is 0 Å². The summed E-state index contributed by atoms with van der Waals surface area (Å²) in [5, 5.41) is 1.98. The molecule has 5 aromatic heterocycles. The first-order chi connectivity index (χ1) is 31.0. The minimum absolute atomic E-state index is 0. The number of aromatic nitrogens is 5. The summed E-state index contributed by atoms with van der Waals surface area (Å²) in [7, 11) is 0. The van der Waals surface area contributed by atoms with Gasteiger partial charge < -0.3 is 18.4 Å². The Bertz CT molecular complexity index is 3480. The SMILES string of the molecule is Cc1ccc2c(n1)oc1c(-c3nc4ccc5c(c4n3-c3ccccc3C(C)C)C3c4ccccc4C5c4oc(-c5ccccc5)nc43)[c-]ccc12.[Ir].[c-]1ccccc1-c1ccccn1. The van der Waals surface area contributed by atoms with Crippen molar-refractivity contribution in [1.82, 2.24) is 24.5 Å². The second kappa shape index (κ2) is 15.8. The minimum Gasteiger partial charge on any atom is -0.486 e. The van der Waals surface area contributed by atoms with Crippen molar-refractivity contribution in [1.29, 1.82) is 0 Å². The molecule has 0 saturated carbocycles. The van der Waals surface area contributed by atoms with Gasteiger partial charge in [-0.25, -0.2) is 9.97 Å². The van der Waals surface area contributed by atoms with Gasteiger partial charge in [0.15, 0.2) is 0 Å². The first kappa shape index (κ1) is 39.6. The molecule has 11 aromatic rings. The summed E-state index contributed by atoms with van der Waals surface area (Å²) in [6.45, 7) is 6.48. The normalized spacial score (nSPS) is 14.5. The first-order valence-electron chi connectivity index (χ1n) is 21.4. The summed E-state index contributed by atoms with van der Waals surface area (Å²) < 4.78 is 15.6. The number of imidazole rings is 1. The molecule has 14 rings (SSSR count). The van der Waals surface area contributed by atoms with E-state index in [2.05, 4.69) is 120 Å². The molecule has 6 aromatic carbocycles. The predicted molar refractivity (Wildman–Crippen MR) is 248 cm³/mol. The molecule has 2 atom stereocenters. The van der Waals surface area contributed by atoms with Crippen molar-refractivity contribution in [2.75, 3.05) is 0 Å². The van der Waals surface area contributed by atoms with Crippen LogP contribution in [-0.4, -0.2) is 24.5 Å². The fourth-order valence-corrected chi connectivity index (χ4v) is 9.69. The van der Waals surface area contributed by atoms with Gasteiger partial charge in [0.2, 0.25) is 11.6 Å². The van der Waals surface area contributed by atoms with Crippen LogP contribution in [0.3, 0.4) is 0 Å². The van der Waals surface area contributed by atoms with Crippen LogP contribution in [0.4, 0.5) is 0 Å². The first-order valence-corrected chi connectivity index (χ1v) is 21.4. The van der Waals surface area contributed by atoms with Crippen molar-refractivity contribution in [3.8, 4) is 39.8 Å². The van der Waals surface area contributed by atoms with Crippen LogP contribution in [0.5, 0.6) is 0 Å². The third-order valence-corrected chi connectivity index (χ3v) is 12.5. The smallest absolute Gasteiger partial charge is 0.226 e.